The number of fused-ring (bicyclic) bond motifs is 1. The molecule has 2 aromatic heterocycles. The number of nitrogen functional groups attached to an aromatic ring is 1. The molecule has 8 heteroatoms. The molecular weight excluding hydrogens is 360 g/mol. The van der Waals surface area contributed by atoms with Gasteiger partial charge in [-0.2, -0.15) is 5.26 Å². The van der Waals surface area contributed by atoms with Gasteiger partial charge in [0.25, 0.3) is 5.91 Å². The smallest absolute Gasteiger partial charge is 0.276 e. The third kappa shape index (κ3) is 3.32. The van der Waals surface area contributed by atoms with E-state index in [9.17, 15) is 10.1 Å². The van der Waals surface area contributed by atoms with Crippen LogP contribution in [0.2, 0.25) is 0 Å². The van der Waals surface area contributed by atoms with Crippen molar-refractivity contribution < 1.29 is 4.79 Å². The van der Waals surface area contributed by atoms with E-state index in [0.717, 1.165) is 23.4 Å². The van der Waals surface area contributed by atoms with Crippen LogP contribution in [0.4, 0.5) is 16.5 Å². The molecule has 1 aromatic carbocycles. The number of thiophene rings is 1. The molecule has 0 unspecified atom stereocenters. The molecule has 3 N–H and O–H groups in total. The molecule has 3 heterocycles. The maximum Gasteiger partial charge on any atom is 0.276 e. The number of aromatic nitrogens is 2. The molecule has 134 valence electrons. The number of hydrogen-bond acceptors (Lipinski definition) is 7. The number of para-hydroxylation sites is 1. The monoisotopic (exact) mass is 376 g/mol. The summed E-state index contributed by atoms with van der Waals surface area (Å²) in [6.45, 7) is 1.36. The Hall–Kier alpha value is -3.44. The summed E-state index contributed by atoms with van der Waals surface area (Å²) in [5.41, 5.74) is 8.55. The fourth-order valence-corrected chi connectivity index (χ4v) is 4.16. The molecule has 27 heavy (non-hydrogen) atoms. The number of hydrogen-bond donors (Lipinski definition) is 2. The predicted molar refractivity (Wildman–Crippen MR) is 105 cm³/mol. The van der Waals surface area contributed by atoms with Crippen molar-refractivity contribution in [1.29, 1.82) is 5.26 Å². The fourth-order valence-electron chi connectivity index (χ4n) is 3.07. The highest BCUT2D eigenvalue weighted by Gasteiger charge is 2.24. The van der Waals surface area contributed by atoms with Crippen LogP contribution < -0.4 is 16.0 Å². The molecule has 0 aliphatic carbocycles. The number of nitrogens with one attached hydrogen (secondary N) is 1. The second-order valence-electron chi connectivity index (χ2n) is 6.12. The molecule has 0 atom stereocenters. The van der Waals surface area contributed by atoms with Crippen LogP contribution in [0.15, 0.2) is 42.5 Å². The normalized spacial score (nSPS) is 12.9. The number of carbonyl (C=O) groups is 1. The Morgan fingerprint density at radius 3 is 2.74 bits per heavy atom. The first-order valence-electron chi connectivity index (χ1n) is 8.41. The van der Waals surface area contributed by atoms with Crippen molar-refractivity contribution in [1.82, 2.24) is 10.2 Å². The van der Waals surface area contributed by atoms with Gasteiger partial charge < -0.3 is 16.0 Å². The maximum absolute atomic E-state index is 12.3. The lowest BCUT2D eigenvalue weighted by Gasteiger charge is -2.27. The van der Waals surface area contributed by atoms with E-state index < -0.39 is 0 Å². The van der Waals surface area contributed by atoms with Crippen LogP contribution >= 0.6 is 11.3 Å². The van der Waals surface area contributed by atoms with Crippen LogP contribution in [0.3, 0.4) is 0 Å². The van der Waals surface area contributed by atoms with Crippen LogP contribution in [0.1, 0.15) is 26.5 Å². The predicted octanol–water partition coefficient (Wildman–Crippen LogP) is 2.81. The van der Waals surface area contributed by atoms with Gasteiger partial charge in [-0.15, -0.1) is 21.5 Å². The summed E-state index contributed by atoms with van der Waals surface area (Å²) in [7, 11) is 0. The fraction of sp³-hybridized carbons (Fsp3) is 0.158. The van der Waals surface area contributed by atoms with Crippen molar-refractivity contribution in [3.8, 4) is 6.07 Å². The van der Waals surface area contributed by atoms with Crippen molar-refractivity contribution in [2.45, 2.75) is 13.0 Å². The second kappa shape index (κ2) is 7.05. The van der Waals surface area contributed by atoms with Gasteiger partial charge in [0.05, 0.1) is 12.1 Å². The van der Waals surface area contributed by atoms with E-state index in [1.54, 1.807) is 12.1 Å². The lowest BCUT2D eigenvalue weighted by Crippen LogP contribution is -2.30. The maximum atomic E-state index is 12.3. The minimum Gasteiger partial charge on any atom is -0.389 e. The molecule has 7 nitrogen and oxygen atoms in total. The number of benzene rings is 1. The molecule has 4 rings (SSSR count). The Morgan fingerprint density at radius 2 is 2.04 bits per heavy atom. The van der Waals surface area contributed by atoms with Gasteiger partial charge in [0, 0.05) is 17.1 Å². The third-order valence-electron chi connectivity index (χ3n) is 4.43. The van der Waals surface area contributed by atoms with E-state index in [0.29, 0.717) is 28.6 Å². The van der Waals surface area contributed by atoms with E-state index in [4.69, 9.17) is 5.73 Å². The van der Waals surface area contributed by atoms with Crippen LogP contribution in [-0.4, -0.2) is 22.6 Å². The van der Waals surface area contributed by atoms with Gasteiger partial charge in [0.15, 0.2) is 11.5 Å². The summed E-state index contributed by atoms with van der Waals surface area (Å²) in [6.07, 6.45) is 0.740. The van der Waals surface area contributed by atoms with Crippen molar-refractivity contribution in [3.05, 3.63) is 64.2 Å². The Bertz CT molecular complexity index is 1020. The Morgan fingerprint density at radius 1 is 1.22 bits per heavy atom. The summed E-state index contributed by atoms with van der Waals surface area (Å²) in [6, 6.07) is 14.9. The zero-order chi connectivity index (χ0) is 18.8. The first kappa shape index (κ1) is 17.0. The molecule has 0 bridgehead atoms. The van der Waals surface area contributed by atoms with Crippen molar-refractivity contribution >= 4 is 33.8 Å². The molecule has 1 amide bonds. The van der Waals surface area contributed by atoms with E-state index in [1.165, 1.54) is 11.3 Å². The van der Waals surface area contributed by atoms with E-state index in [2.05, 4.69) is 26.5 Å². The standard InChI is InChI=1S/C19H16N6OS/c20-10-14-13-8-9-25(11-16(13)27-18(14)21)17-7-6-15(23-24-17)19(26)22-12-4-2-1-3-5-12/h1-7H,8-9,11,21H2,(H,22,26). The van der Waals surface area contributed by atoms with Crippen LogP contribution in [0.5, 0.6) is 0 Å². The van der Waals surface area contributed by atoms with Crippen molar-refractivity contribution in [2.24, 2.45) is 0 Å². The van der Waals surface area contributed by atoms with Crippen LogP contribution in [0.25, 0.3) is 0 Å². The number of nitrogens with two attached hydrogens (primary N) is 1. The van der Waals surface area contributed by atoms with Crippen molar-refractivity contribution in [2.75, 3.05) is 22.5 Å². The Kier molecular flexibility index (Phi) is 4.44. The number of anilines is 3. The molecule has 3 aromatic rings. The van der Waals surface area contributed by atoms with Crippen molar-refractivity contribution in [3.63, 3.8) is 0 Å². The number of rotatable bonds is 3. The zero-order valence-corrected chi connectivity index (χ0v) is 15.2. The highest BCUT2D eigenvalue weighted by atomic mass is 32.1. The minimum atomic E-state index is -0.300. The number of nitriles is 1. The molecule has 1 aliphatic heterocycles. The number of amides is 1. The zero-order valence-electron chi connectivity index (χ0n) is 14.3. The molecule has 0 saturated carbocycles. The summed E-state index contributed by atoms with van der Waals surface area (Å²) < 4.78 is 0. The highest BCUT2D eigenvalue weighted by molar-refractivity contribution is 7.16. The first-order chi connectivity index (χ1) is 13.2. The average molecular weight is 376 g/mol. The molecule has 0 fully saturated rings. The lowest BCUT2D eigenvalue weighted by molar-refractivity contribution is 0.102. The van der Waals surface area contributed by atoms with Gasteiger partial charge in [-0.25, -0.2) is 0 Å². The van der Waals surface area contributed by atoms with Crippen LogP contribution in [-0.2, 0) is 13.0 Å². The summed E-state index contributed by atoms with van der Waals surface area (Å²) in [4.78, 5) is 15.4. The third-order valence-corrected chi connectivity index (χ3v) is 5.48. The Labute approximate surface area is 160 Å². The highest BCUT2D eigenvalue weighted by Crippen LogP contribution is 2.35. The average Bonchev–Trinajstić information content (AvgIpc) is 3.03. The van der Waals surface area contributed by atoms with E-state index >= 15 is 0 Å². The summed E-state index contributed by atoms with van der Waals surface area (Å²) in [5, 5.41) is 20.9. The SMILES string of the molecule is N#Cc1c(N)sc2c1CCN(c1ccc(C(=O)Nc3ccccc3)nn1)C2. The van der Waals surface area contributed by atoms with Gasteiger partial charge >= 0.3 is 0 Å². The summed E-state index contributed by atoms with van der Waals surface area (Å²) >= 11 is 1.45. The van der Waals surface area contributed by atoms with Gasteiger partial charge in [0.2, 0.25) is 0 Å². The van der Waals surface area contributed by atoms with E-state index in [-0.39, 0.29) is 11.6 Å². The van der Waals surface area contributed by atoms with E-state index in [1.807, 2.05) is 30.3 Å². The largest absolute Gasteiger partial charge is 0.389 e. The van der Waals surface area contributed by atoms with Gasteiger partial charge in [-0.3, -0.25) is 4.79 Å². The molecule has 0 spiro atoms. The lowest BCUT2D eigenvalue weighted by atomic mass is 10.0. The summed E-state index contributed by atoms with van der Waals surface area (Å²) in [5.74, 6) is 0.397. The van der Waals surface area contributed by atoms with Gasteiger partial charge in [0.1, 0.15) is 11.1 Å². The molecule has 0 saturated heterocycles. The topological polar surface area (TPSA) is 108 Å². The molecular formula is C19H16N6OS. The molecule has 1 aliphatic rings. The van der Waals surface area contributed by atoms with Gasteiger partial charge in [-0.1, -0.05) is 18.2 Å². The Balaban J connectivity index is 1.48. The minimum absolute atomic E-state index is 0.257. The number of carbonyl (C=O) groups excluding carboxylic acids is 1. The number of nitrogens with zero attached hydrogens (tertiary/aromatic N) is 4. The quantitative estimate of drug-likeness (QED) is 0.728. The molecule has 0 radical (unpaired) electrons. The van der Waals surface area contributed by atoms with Crippen LogP contribution in [0, 0.1) is 11.3 Å². The van der Waals surface area contributed by atoms with Gasteiger partial charge in [-0.05, 0) is 36.2 Å². The first-order valence-corrected chi connectivity index (χ1v) is 9.22. The second-order valence-corrected chi connectivity index (χ2v) is 7.26.